The molecular formula is C26H31ClN2O. The standard InChI is InChI=1S/C26H31ClN2O/c1-18-8-10-20(11-9-18)21-12-14-22(15-13-21)25-24(27)16-19(2)26(29-25)28-17-30-23-6-4-3-5-7-23/h10,12-18,23H,3-9,11H2,1-2H3. The Hall–Kier alpha value is -2.13. The average Bonchev–Trinajstić information content (AvgIpc) is 2.77. The SMILES string of the molecule is Cc1cc(Cl)c(-c2ccc(C3=CCC(C)CC3)cc2)nc1N=COC1CCCCC1. The van der Waals surface area contributed by atoms with Gasteiger partial charge in [0.25, 0.3) is 0 Å². The van der Waals surface area contributed by atoms with Crippen molar-refractivity contribution < 1.29 is 4.74 Å². The Bertz CT molecular complexity index is 927. The van der Waals surface area contributed by atoms with E-state index in [1.54, 1.807) is 6.40 Å². The largest absolute Gasteiger partial charge is 0.480 e. The van der Waals surface area contributed by atoms with Gasteiger partial charge >= 0.3 is 0 Å². The first-order chi connectivity index (χ1) is 14.6. The van der Waals surface area contributed by atoms with Gasteiger partial charge in [-0.3, -0.25) is 0 Å². The molecule has 0 saturated heterocycles. The lowest BCUT2D eigenvalue weighted by molar-refractivity contribution is 0.152. The van der Waals surface area contributed by atoms with Gasteiger partial charge in [-0.05, 0) is 80.6 Å². The van der Waals surface area contributed by atoms with Crippen LogP contribution in [0, 0.1) is 12.8 Å². The van der Waals surface area contributed by atoms with E-state index in [1.807, 2.05) is 13.0 Å². The lowest BCUT2D eigenvalue weighted by atomic mass is 9.87. The number of pyridine rings is 1. The molecule has 4 heteroatoms. The first kappa shape index (κ1) is 21.1. The summed E-state index contributed by atoms with van der Waals surface area (Å²) in [5.74, 6) is 1.46. The van der Waals surface area contributed by atoms with E-state index in [-0.39, 0.29) is 0 Å². The van der Waals surface area contributed by atoms with Crippen LogP contribution in [0.3, 0.4) is 0 Å². The summed E-state index contributed by atoms with van der Waals surface area (Å²) in [4.78, 5) is 9.25. The molecule has 2 aliphatic rings. The number of ether oxygens (including phenoxy) is 1. The highest BCUT2D eigenvalue weighted by molar-refractivity contribution is 6.33. The highest BCUT2D eigenvalue weighted by Gasteiger charge is 2.15. The fourth-order valence-electron chi connectivity index (χ4n) is 4.34. The van der Waals surface area contributed by atoms with Gasteiger partial charge in [-0.25, -0.2) is 9.98 Å². The molecular weight excluding hydrogens is 392 g/mol. The number of halogens is 1. The minimum Gasteiger partial charge on any atom is -0.480 e. The second-order valence-corrected chi connectivity index (χ2v) is 9.18. The Morgan fingerprint density at radius 3 is 2.50 bits per heavy atom. The maximum atomic E-state index is 6.54. The van der Waals surface area contributed by atoms with Gasteiger partial charge in [0.15, 0.2) is 12.2 Å². The fourth-order valence-corrected chi connectivity index (χ4v) is 4.66. The van der Waals surface area contributed by atoms with Crippen molar-refractivity contribution in [2.75, 3.05) is 0 Å². The zero-order chi connectivity index (χ0) is 20.9. The molecule has 0 bridgehead atoms. The predicted octanol–water partition coefficient (Wildman–Crippen LogP) is 7.92. The third-order valence-electron chi connectivity index (χ3n) is 6.32. The van der Waals surface area contributed by atoms with Crippen molar-refractivity contribution >= 4 is 29.4 Å². The molecule has 1 aromatic carbocycles. The second-order valence-electron chi connectivity index (χ2n) is 8.78. The van der Waals surface area contributed by atoms with Crippen LogP contribution in [0.2, 0.25) is 5.02 Å². The van der Waals surface area contributed by atoms with Crippen LogP contribution in [0.4, 0.5) is 5.82 Å². The van der Waals surface area contributed by atoms with Gasteiger partial charge in [-0.15, -0.1) is 0 Å². The van der Waals surface area contributed by atoms with Crippen LogP contribution in [0.15, 0.2) is 41.4 Å². The van der Waals surface area contributed by atoms with Crippen molar-refractivity contribution in [2.45, 2.75) is 71.3 Å². The Morgan fingerprint density at radius 1 is 1.07 bits per heavy atom. The molecule has 1 fully saturated rings. The van der Waals surface area contributed by atoms with Crippen LogP contribution >= 0.6 is 11.6 Å². The van der Waals surface area contributed by atoms with Gasteiger partial charge in [0.1, 0.15) is 0 Å². The summed E-state index contributed by atoms with van der Waals surface area (Å²) in [5, 5.41) is 0.651. The van der Waals surface area contributed by atoms with Crippen LogP contribution in [-0.2, 0) is 4.74 Å². The van der Waals surface area contributed by atoms with Crippen molar-refractivity contribution in [1.82, 2.24) is 4.98 Å². The van der Waals surface area contributed by atoms with Crippen molar-refractivity contribution in [3.63, 3.8) is 0 Å². The minimum absolute atomic E-state index is 0.291. The summed E-state index contributed by atoms with van der Waals surface area (Å²) >= 11 is 6.54. The van der Waals surface area contributed by atoms with Crippen LogP contribution in [0.1, 0.15) is 69.4 Å². The van der Waals surface area contributed by atoms with E-state index in [4.69, 9.17) is 21.3 Å². The molecule has 0 aliphatic heterocycles. The highest BCUT2D eigenvalue weighted by atomic mass is 35.5. The van der Waals surface area contributed by atoms with E-state index in [0.717, 1.165) is 42.0 Å². The summed E-state index contributed by atoms with van der Waals surface area (Å²) < 4.78 is 5.84. The van der Waals surface area contributed by atoms with Crippen molar-refractivity contribution in [3.05, 3.63) is 52.6 Å². The minimum atomic E-state index is 0.291. The van der Waals surface area contributed by atoms with Crippen LogP contribution in [-0.4, -0.2) is 17.5 Å². The monoisotopic (exact) mass is 422 g/mol. The number of rotatable bonds is 5. The molecule has 1 unspecified atom stereocenters. The van der Waals surface area contributed by atoms with Crippen molar-refractivity contribution in [1.29, 1.82) is 0 Å². The van der Waals surface area contributed by atoms with E-state index in [9.17, 15) is 0 Å². The molecule has 30 heavy (non-hydrogen) atoms. The van der Waals surface area contributed by atoms with E-state index < -0.39 is 0 Å². The average molecular weight is 423 g/mol. The smallest absolute Gasteiger partial charge is 0.176 e. The normalized spacial score (nSPS) is 20.4. The number of benzene rings is 1. The maximum Gasteiger partial charge on any atom is 0.176 e. The lowest BCUT2D eigenvalue weighted by Crippen LogP contribution is -2.15. The van der Waals surface area contributed by atoms with E-state index in [0.29, 0.717) is 16.9 Å². The van der Waals surface area contributed by atoms with E-state index in [2.05, 4.69) is 42.3 Å². The Balaban J connectivity index is 1.51. The van der Waals surface area contributed by atoms with Gasteiger partial charge < -0.3 is 4.74 Å². The number of hydrogen-bond acceptors (Lipinski definition) is 3. The molecule has 3 nitrogen and oxygen atoms in total. The molecule has 1 heterocycles. The third kappa shape index (κ3) is 5.13. The molecule has 4 rings (SSSR count). The molecule has 2 aliphatic carbocycles. The van der Waals surface area contributed by atoms with E-state index >= 15 is 0 Å². The number of allylic oxidation sites excluding steroid dienone is 2. The second kappa shape index (κ2) is 9.78. The maximum absolute atomic E-state index is 6.54. The quantitative estimate of drug-likeness (QED) is 0.362. The molecule has 2 aromatic rings. The number of aryl methyl sites for hydroxylation is 1. The molecule has 158 valence electrons. The van der Waals surface area contributed by atoms with E-state index in [1.165, 1.54) is 43.2 Å². The molecule has 1 atom stereocenters. The third-order valence-corrected chi connectivity index (χ3v) is 6.61. The van der Waals surface area contributed by atoms with Gasteiger partial charge in [0.2, 0.25) is 0 Å². The summed E-state index contributed by atoms with van der Waals surface area (Å²) in [6.07, 6.45) is 13.9. The molecule has 0 amide bonds. The van der Waals surface area contributed by atoms with Gasteiger partial charge in [0, 0.05) is 5.56 Å². The van der Waals surface area contributed by atoms with Crippen LogP contribution in [0.5, 0.6) is 0 Å². The number of nitrogens with zero attached hydrogens (tertiary/aromatic N) is 2. The summed E-state index contributed by atoms with van der Waals surface area (Å²) in [5.41, 5.74) is 5.48. The topological polar surface area (TPSA) is 34.5 Å². The Kier molecular flexibility index (Phi) is 6.89. The molecule has 0 N–H and O–H groups in total. The van der Waals surface area contributed by atoms with Crippen molar-refractivity contribution in [2.24, 2.45) is 10.9 Å². The highest BCUT2D eigenvalue weighted by Crippen LogP contribution is 2.34. The zero-order valence-corrected chi connectivity index (χ0v) is 18.8. The van der Waals surface area contributed by atoms with Gasteiger partial charge in [-0.1, -0.05) is 55.3 Å². The summed E-state index contributed by atoms with van der Waals surface area (Å²) in [7, 11) is 0. The van der Waals surface area contributed by atoms with Gasteiger partial charge in [-0.2, -0.15) is 0 Å². The lowest BCUT2D eigenvalue weighted by Gasteiger charge is -2.20. The molecule has 1 aromatic heterocycles. The summed E-state index contributed by atoms with van der Waals surface area (Å²) in [6.45, 7) is 4.30. The Morgan fingerprint density at radius 2 is 1.80 bits per heavy atom. The number of aliphatic imine (C=N–C) groups is 1. The zero-order valence-electron chi connectivity index (χ0n) is 18.0. The Labute approximate surface area is 185 Å². The van der Waals surface area contributed by atoms with Crippen LogP contribution < -0.4 is 0 Å². The van der Waals surface area contributed by atoms with Gasteiger partial charge in [0.05, 0.1) is 16.8 Å². The summed E-state index contributed by atoms with van der Waals surface area (Å²) in [6, 6.07) is 10.5. The number of aromatic nitrogens is 1. The first-order valence-corrected chi connectivity index (χ1v) is 11.6. The van der Waals surface area contributed by atoms with Crippen LogP contribution in [0.25, 0.3) is 16.8 Å². The molecule has 1 saturated carbocycles. The molecule has 0 spiro atoms. The molecule has 0 radical (unpaired) electrons. The fraction of sp³-hybridized carbons (Fsp3) is 0.462. The van der Waals surface area contributed by atoms with Crippen molar-refractivity contribution in [3.8, 4) is 11.3 Å². The predicted molar refractivity (Wildman–Crippen MR) is 127 cm³/mol. The first-order valence-electron chi connectivity index (χ1n) is 11.2. The number of hydrogen-bond donors (Lipinski definition) is 0.